The monoisotopic (exact) mass is 388 g/mol. The van der Waals surface area contributed by atoms with Crippen LogP contribution in [-0.4, -0.2) is 19.5 Å². The van der Waals surface area contributed by atoms with Crippen molar-refractivity contribution in [3.63, 3.8) is 0 Å². The van der Waals surface area contributed by atoms with Crippen LogP contribution in [-0.2, 0) is 0 Å². The fraction of sp³-hybridized carbons (Fsp3) is 0.0385. The second-order valence-corrected chi connectivity index (χ2v) is 6.98. The summed E-state index contributed by atoms with van der Waals surface area (Å²) >= 11 is 0. The van der Waals surface area contributed by atoms with E-state index in [9.17, 15) is 0 Å². The van der Waals surface area contributed by atoms with Crippen LogP contribution in [0.4, 0.5) is 0 Å². The maximum atomic E-state index is 4.80. The molecule has 0 N–H and O–H groups in total. The highest BCUT2D eigenvalue weighted by molar-refractivity contribution is 6.04. The number of nitrogens with zero attached hydrogens (tertiary/aromatic N) is 4. The molecule has 3 heterocycles. The van der Waals surface area contributed by atoms with Gasteiger partial charge in [-0.25, -0.2) is 9.97 Å². The molecule has 0 amide bonds. The number of rotatable bonds is 4. The Labute approximate surface area is 174 Å². The summed E-state index contributed by atoms with van der Waals surface area (Å²) in [5, 5.41) is 1.12. The van der Waals surface area contributed by atoms with Gasteiger partial charge in [-0.05, 0) is 43.3 Å². The smallest absolute Gasteiger partial charge is 0.178 e. The van der Waals surface area contributed by atoms with Gasteiger partial charge >= 0.3 is 0 Å². The molecule has 4 heteroatoms. The Morgan fingerprint density at radius 3 is 2.60 bits per heavy atom. The van der Waals surface area contributed by atoms with Gasteiger partial charge in [0.25, 0.3) is 0 Å². The van der Waals surface area contributed by atoms with Crippen LogP contribution in [0.2, 0.25) is 0 Å². The van der Waals surface area contributed by atoms with E-state index in [1.807, 2.05) is 49.5 Å². The van der Waals surface area contributed by atoms with Crippen molar-refractivity contribution < 1.29 is 0 Å². The molecule has 0 unspecified atom stereocenters. The topological polar surface area (TPSA) is 43.6 Å². The van der Waals surface area contributed by atoms with Gasteiger partial charge in [-0.15, -0.1) is 0 Å². The van der Waals surface area contributed by atoms with Crippen LogP contribution in [0.5, 0.6) is 0 Å². The van der Waals surface area contributed by atoms with E-state index in [0.29, 0.717) is 5.65 Å². The van der Waals surface area contributed by atoms with Crippen LogP contribution in [0.15, 0.2) is 85.7 Å². The zero-order valence-electron chi connectivity index (χ0n) is 16.7. The average Bonchev–Trinajstić information content (AvgIpc) is 3.13. The van der Waals surface area contributed by atoms with E-state index >= 15 is 0 Å². The predicted octanol–water partition coefficient (Wildman–Crippen LogP) is 6.31. The number of pyridine rings is 1. The maximum absolute atomic E-state index is 4.80. The number of hydrogen-bond donors (Lipinski definition) is 0. The molecule has 0 fully saturated rings. The molecule has 4 nitrogen and oxygen atoms in total. The molecule has 0 aliphatic heterocycles. The first kappa shape index (κ1) is 18.0. The molecule has 0 saturated heterocycles. The van der Waals surface area contributed by atoms with Gasteiger partial charge in [0, 0.05) is 28.4 Å². The van der Waals surface area contributed by atoms with E-state index in [4.69, 9.17) is 4.98 Å². The van der Waals surface area contributed by atoms with Crippen molar-refractivity contribution >= 4 is 34.2 Å². The molecule has 5 rings (SSSR count). The van der Waals surface area contributed by atoms with E-state index in [2.05, 4.69) is 63.6 Å². The fourth-order valence-electron chi connectivity index (χ4n) is 3.97. The Kier molecular flexibility index (Phi) is 4.45. The first-order chi connectivity index (χ1) is 14.8. The lowest BCUT2D eigenvalue weighted by atomic mass is 10.0. The third-order valence-corrected chi connectivity index (χ3v) is 5.20. The van der Waals surface area contributed by atoms with Crippen molar-refractivity contribution in [2.45, 2.75) is 6.92 Å². The highest BCUT2D eigenvalue weighted by Gasteiger charge is 2.19. The summed E-state index contributed by atoms with van der Waals surface area (Å²) < 4.78 is 2.24. The van der Waals surface area contributed by atoms with Crippen molar-refractivity contribution in [3.8, 4) is 16.9 Å². The zero-order valence-corrected chi connectivity index (χ0v) is 16.7. The summed E-state index contributed by atoms with van der Waals surface area (Å²) in [5.41, 5.74) is 7.62. The highest BCUT2D eigenvalue weighted by atomic mass is 15.0. The van der Waals surface area contributed by atoms with Crippen molar-refractivity contribution in [1.82, 2.24) is 19.5 Å². The molecular weight excluding hydrogens is 368 g/mol. The largest absolute Gasteiger partial charge is 0.309 e. The van der Waals surface area contributed by atoms with Crippen LogP contribution in [0, 0.1) is 0 Å². The molecule has 0 saturated carbocycles. The van der Waals surface area contributed by atoms with Gasteiger partial charge in [-0.1, -0.05) is 49.1 Å². The quantitative estimate of drug-likeness (QED) is 0.362. The Balaban J connectivity index is 1.88. The van der Waals surface area contributed by atoms with Crippen LogP contribution in [0.25, 0.3) is 51.2 Å². The Morgan fingerprint density at radius 1 is 0.933 bits per heavy atom. The second kappa shape index (κ2) is 7.41. The zero-order chi connectivity index (χ0) is 20.5. The molecule has 5 aromatic rings. The molecular formula is C26H20N4. The van der Waals surface area contributed by atoms with E-state index in [0.717, 1.165) is 44.6 Å². The van der Waals surface area contributed by atoms with Gasteiger partial charge in [0.15, 0.2) is 5.65 Å². The van der Waals surface area contributed by atoms with Gasteiger partial charge in [0.05, 0.1) is 23.1 Å². The highest BCUT2D eigenvalue weighted by Crippen LogP contribution is 2.37. The molecule has 0 aliphatic carbocycles. The molecule has 0 bridgehead atoms. The minimum Gasteiger partial charge on any atom is -0.309 e. The van der Waals surface area contributed by atoms with E-state index in [1.165, 1.54) is 0 Å². The minimum atomic E-state index is 0.644. The average molecular weight is 388 g/mol. The Hall–Kier alpha value is -4.05. The number of aromatic nitrogens is 4. The first-order valence-corrected chi connectivity index (χ1v) is 9.88. The second-order valence-electron chi connectivity index (χ2n) is 6.98. The van der Waals surface area contributed by atoms with Crippen molar-refractivity contribution in [2.75, 3.05) is 0 Å². The number of allylic oxidation sites excluding steroid dienone is 1. The fourth-order valence-corrected chi connectivity index (χ4v) is 3.97. The van der Waals surface area contributed by atoms with Crippen LogP contribution in [0.1, 0.15) is 18.2 Å². The number of benzene rings is 2. The minimum absolute atomic E-state index is 0.644. The van der Waals surface area contributed by atoms with Gasteiger partial charge in [-0.2, -0.15) is 0 Å². The van der Waals surface area contributed by atoms with Gasteiger partial charge in [0.1, 0.15) is 5.52 Å². The van der Waals surface area contributed by atoms with Crippen molar-refractivity contribution in [2.24, 2.45) is 0 Å². The first-order valence-electron chi connectivity index (χ1n) is 9.88. The molecule has 0 radical (unpaired) electrons. The number of para-hydroxylation sites is 1. The lowest BCUT2D eigenvalue weighted by Gasteiger charge is -2.09. The summed E-state index contributed by atoms with van der Waals surface area (Å²) in [6, 6.07) is 20.4. The van der Waals surface area contributed by atoms with Crippen LogP contribution < -0.4 is 0 Å². The van der Waals surface area contributed by atoms with E-state index < -0.39 is 0 Å². The molecule has 30 heavy (non-hydrogen) atoms. The summed E-state index contributed by atoms with van der Waals surface area (Å²) in [6.45, 7) is 6.13. The lowest BCUT2D eigenvalue weighted by molar-refractivity contribution is 1.11. The van der Waals surface area contributed by atoms with Gasteiger partial charge in [0.2, 0.25) is 0 Å². The van der Waals surface area contributed by atoms with Crippen molar-refractivity contribution in [3.05, 3.63) is 97.0 Å². The summed E-state index contributed by atoms with van der Waals surface area (Å²) in [7, 11) is 0. The Bertz CT molecular complexity index is 1410. The Morgan fingerprint density at radius 2 is 1.80 bits per heavy atom. The summed E-state index contributed by atoms with van der Waals surface area (Å²) in [4.78, 5) is 13.8. The van der Waals surface area contributed by atoms with E-state index in [-0.39, 0.29) is 0 Å². The molecule has 0 atom stereocenters. The van der Waals surface area contributed by atoms with Crippen LogP contribution in [0.3, 0.4) is 0 Å². The normalized spacial score (nSPS) is 11.5. The molecule has 144 valence electrons. The molecule has 2 aromatic carbocycles. The molecule has 3 aromatic heterocycles. The summed E-state index contributed by atoms with van der Waals surface area (Å²) in [6.07, 6.45) is 9.68. The predicted molar refractivity (Wildman–Crippen MR) is 124 cm³/mol. The number of fused-ring (bicyclic) bond motifs is 2. The third-order valence-electron chi connectivity index (χ3n) is 5.20. The number of hydrogen-bond acceptors (Lipinski definition) is 3. The van der Waals surface area contributed by atoms with Crippen molar-refractivity contribution in [1.29, 1.82) is 0 Å². The van der Waals surface area contributed by atoms with Gasteiger partial charge in [-0.3, -0.25) is 4.98 Å². The SMILES string of the molecule is C=Cc1c(C=CC)c2c(-c3cnc4cccnc4n3)cccc2n1-c1ccccc1. The molecule has 0 aliphatic rings. The summed E-state index contributed by atoms with van der Waals surface area (Å²) in [5.74, 6) is 0. The standard InChI is InChI=1S/C26H20N4/c1-3-10-20-23(4-2)30(18-11-6-5-7-12-18)24-15-8-13-19(25(20)24)22-17-28-21-14-9-16-27-26(21)29-22/h3-17H,2H2,1H3. The van der Waals surface area contributed by atoms with E-state index in [1.54, 1.807) is 6.20 Å². The van der Waals surface area contributed by atoms with Gasteiger partial charge < -0.3 is 4.57 Å². The maximum Gasteiger partial charge on any atom is 0.178 e. The lowest BCUT2D eigenvalue weighted by Crippen LogP contribution is -1.96. The third kappa shape index (κ3) is 2.81. The van der Waals surface area contributed by atoms with Crippen LogP contribution >= 0.6 is 0 Å². The molecule has 0 spiro atoms.